The largest absolute Gasteiger partial charge is 0.385 e. The molecule has 0 aromatic heterocycles. The van der Waals surface area contributed by atoms with E-state index < -0.39 is 5.60 Å². The van der Waals surface area contributed by atoms with E-state index in [0.29, 0.717) is 17.5 Å². The lowest BCUT2D eigenvalue weighted by Gasteiger charge is -2.41. The van der Waals surface area contributed by atoms with Crippen molar-refractivity contribution >= 4 is 11.6 Å². The van der Waals surface area contributed by atoms with Gasteiger partial charge in [-0.15, -0.1) is 0 Å². The van der Waals surface area contributed by atoms with Crippen LogP contribution in [0.15, 0.2) is 78.9 Å². The molecular weight excluding hydrogens is 420 g/mol. The van der Waals surface area contributed by atoms with Crippen molar-refractivity contribution < 1.29 is 9.90 Å². The Labute approximate surface area is 202 Å². The number of benzene rings is 3. The van der Waals surface area contributed by atoms with Gasteiger partial charge in [-0.25, -0.2) is 0 Å². The van der Waals surface area contributed by atoms with Crippen LogP contribution in [0.1, 0.15) is 65.1 Å². The first kappa shape index (κ1) is 22.8. The molecule has 2 unspecified atom stereocenters. The molecule has 34 heavy (non-hydrogen) atoms. The molecule has 4 heteroatoms. The molecule has 0 radical (unpaired) electrons. The van der Waals surface area contributed by atoms with E-state index in [-0.39, 0.29) is 5.91 Å². The molecule has 2 fully saturated rings. The summed E-state index contributed by atoms with van der Waals surface area (Å²) in [6, 6.07) is 26.5. The zero-order valence-corrected chi connectivity index (χ0v) is 19.9. The van der Waals surface area contributed by atoms with E-state index in [1.165, 1.54) is 24.0 Å². The molecule has 3 aromatic rings. The van der Waals surface area contributed by atoms with Gasteiger partial charge in [-0.2, -0.15) is 0 Å². The molecule has 3 aromatic carbocycles. The van der Waals surface area contributed by atoms with Crippen LogP contribution >= 0.6 is 0 Å². The average Bonchev–Trinajstić information content (AvgIpc) is 3.35. The molecule has 176 valence electrons. The van der Waals surface area contributed by atoms with E-state index >= 15 is 0 Å². The number of hydrogen-bond donors (Lipinski definition) is 2. The lowest BCUT2D eigenvalue weighted by Crippen LogP contribution is -2.46. The highest BCUT2D eigenvalue weighted by atomic mass is 16.3. The van der Waals surface area contributed by atoms with Gasteiger partial charge < -0.3 is 15.3 Å². The number of amides is 1. The van der Waals surface area contributed by atoms with Gasteiger partial charge in [0.05, 0.1) is 5.60 Å². The maximum absolute atomic E-state index is 12.7. The van der Waals surface area contributed by atoms with Gasteiger partial charge in [-0.05, 0) is 85.9 Å². The minimum Gasteiger partial charge on any atom is -0.385 e. The van der Waals surface area contributed by atoms with Gasteiger partial charge in [0.15, 0.2) is 0 Å². The fourth-order valence-electron chi connectivity index (χ4n) is 5.87. The summed E-state index contributed by atoms with van der Waals surface area (Å²) in [5.41, 5.74) is 4.44. The molecule has 2 aliphatic rings. The van der Waals surface area contributed by atoms with Crippen LogP contribution in [0, 0.1) is 6.92 Å². The number of aryl methyl sites for hydroxylation is 1. The lowest BCUT2D eigenvalue weighted by molar-refractivity contribution is -0.0351. The van der Waals surface area contributed by atoms with Gasteiger partial charge in [-0.3, -0.25) is 4.79 Å². The number of anilines is 1. The third-order valence-electron chi connectivity index (χ3n) is 7.86. The van der Waals surface area contributed by atoms with Crippen LogP contribution in [-0.4, -0.2) is 35.0 Å². The molecule has 1 saturated heterocycles. The van der Waals surface area contributed by atoms with Crippen LogP contribution in [0.3, 0.4) is 0 Å². The minimum absolute atomic E-state index is 0.0654. The Morgan fingerprint density at radius 3 is 2.29 bits per heavy atom. The number of para-hydroxylation sites is 1. The Kier molecular flexibility index (Phi) is 6.53. The Morgan fingerprint density at radius 2 is 1.62 bits per heavy atom. The maximum Gasteiger partial charge on any atom is 0.255 e. The number of rotatable bonds is 5. The Balaban J connectivity index is 1.19. The summed E-state index contributed by atoms with van der Waals surface area (Å²) >= 11 is 0. The van der Waals surface area contributed by atoms with E-state index in [2.05, 4.69) is 23.2 Å². The van der Waals surface area contributed by atoms with Gasteiger partial charge in [0.25, 0.3) is 5.91 Å². The van der Waals surface area contributed by atoms with E-state index in [4.69, 9.17) is 0 Å². The van der Waals surface area contributed by atoms with Crippen molar-refractivity contribution in [1.82, 2.24) is 4.90 Å². The fourth-order valence-corrected chi connectivity index (χ4v) is 5.87. The molecule has 5 rings (SSSR count). The summed E-state index contributed by atoms with van der Waals surface area (Å²) in [7, 11) is 0. The second kappa shape index (κ2) is 9.73. The first-order valence-corrected chi connectivity index (χ1v) is 12.5. The topological polar surface area (TPSA) is 52.6 Å². The van der Waals surface area contributed by atoms with Crippen molar-refractivity contribution in [1.29, 1.82) is 0 Å². The fraction of sp³-hybridized carbons (Fsp3) is 0.367. The molecule has 1 heterocycles. The highest BCUT2D eigenvalue weighted by Gasteiger charge is 2.38. The summed E-state index contributed by atoms with van der Waals surface area (Å²) in [6.45, 7) is 4.02. The van der Waals surface area contributed by atoms with Crippen molar-refractivity contribution in [2.45, 2.75) is 56.6 Å². The van der Waals surface area contributed by atoms with Crippen LogP contribution in [0.4, 0.5) is 5.69 Å². The summed E-state index contributed by atoms with van der Waals surface area (Å²) in [4.78, 5) is 15.3. The predicted molar refractivity (Wildman–Crippen MR) is 137 cm³/mol. The van der Waals surface area contributed by atoms with Crippen LogP contribution in [0.25, 0.3) is 0 Å². The second-order valence-corrected chi connectivity index (χ2v) is 9.99. The normalized spacial score (nSPS) is 22.4. The van der Waals surface area contributed by atoms with Crippen molar-refractivity contribution in [2.75, 3.05) is 18.4 Å². The number of likely N-dealkylation sites (tertiary alicyclic amines) is 1. The van der Waals surface area contributed by atoms with E-state index in [0.717, 1.165) is 43.6 Å². The Bertz CT molecular complexity index is 1120. The number of carbonyl (C=O) groups excluding carboxylic acids is 1. The SMILES string of the molecule is Cc1cc(C(=O)Nc2ccccc2)ccc1C1CCC(N2CCC(O)(c3ccccc3)CC2)C1. The van der Waals surface area contributed by atoms with Crippen molar-refractivity contribution in [3.05, 3.63) is 101 Å². The Morgan fingerprint density at radius 1 is 0.941 bits per heavy atom. The molecule has 1 aliphatic carbocycles. The number of piperidine rings is 1. The van der Waals surface area contributed by atoms with Crippen LogP contribution in [0.5, 0.6) is 0 Å². The average molecular weight is 455 g/mol. The van der Waals surface area contributed by atoms with Crippen LogP contribution in [0.2, 0.25) is 0 Å². The van der Waals surface area contributed by atoms with E-state index in [1.807, 2.05) is 72.8 Å². The quantitative estimate of drug-likeness (QED) is 0.507. The first-order chi connectivity index (χ1) is 16.5. The van der Waals surface area contributed by atoms with Crippen molar-refractivity contribution in [2.24, 2.45) is 0 Å². The summed E-state index contributed by atoms with van der Waals surface area (Å²) < 4.78 is 0. The first-order valence-electron chi connectivity index (χ1n) is 12.5. The number of hydrogen-bond acceptors (Lipinski definition) is 3. The highest BCUT2D eigenvalue weighted by Crippen LogP contribution is 2.41. The standard InChI is InChI=1S/C30H34N2O2/c1-22-20-24(29(33)31-26-10-6-3-7-11-26)13-15-28(22)23-12-14-27(21-23)32-18-16-30(34,17-19-32)25-8-4-2-5-9-25/h2-11,13,15,20,23,27,34H,12,14,16-19,21H2,1H3,(H,31,33). The zero-order chi connectivity index (χ0) is 23.5. The molecular formula is C30H34N2O2. The molecule has 0 spiro atoms. The van der Waals surface area contributed by atoms with Crippen molar-refractivity contribution in [3.63, 3.8) is 0 Å². The van der Waals surface area contributed by atoms with E-state index in [9.17, 15) is 9.90 Å². The molecule has 4 nitrogen and oxygen atoms in total. The number of aliphatic hydroxyl groups is 1. The van der Waals surface area contributed by atoms with Gasteiger partial charge in [0.1, 0.15) is 0 Å². The van der Waals surface area contributed by atoms with Gasteiger partial charge in [0.2, 0.25) is 0 Å². The van der Waals surface area contributed by atoms with Gasteiger partial charge in [0, 0.05) is 30.4 Å². The van der Waals surface area contributed by atoms with Crippen LogP contribution < -0.4 is 5.32 Å². The molecule has 1 aliphatic heterocycles. The smallest absolute Gasteiger partial charge is 0.255 e. The molecule has 0 bridgehead atoms. The Hall–Kier alpha value is -2.95. The number of nitrogens with one attached hydrogen (secondary N) is 1. The molecule has 1 amide bonds. The third kappa shape index (κ3) is 4.79. The monoisotopic (exact) mass is 454 g/mol. The number of carbonyl (C=O) groups is 1. The molecule has 1 saturated carbocycles. The second-order valence-electron chi connectivity index (χ2n) is 9.99. The maximum atomic E-state index is 12.7. The van der Waals surface area contributed by atoms with Crippen LogP contribution in [-0.2, 0) is 5.60 Å². The molecule has 2 atom stereocenters. The van der Waals surface area contributed by atoms with Gasteiger partial charge >= 0.3 is 0 Å². The summed E-state index contributed by atoms with van der Waals surface area (Å²) in [6.07, 6.45) is 5.12. The third-order valence-corrected chi connectivity index (χ3v) is 7.86. The predicted octanol–water partition coefficient (Wildman–Crippen LogP) is 5.87. The summed E-state index contributed by atoms with van der Waals surface area (Å²) in [5.74, 6) is 0.468. The minimum atomic E-state index is -0.692. The highest BCUT2D eigenvalue weighted by molar-refractivity contribution is 6.04. The van der Waals surface area contributed by atoms with E-state index in [1.54, 1.807) is 0 Å². The zero-order valence-electron chi connectivity index (χ0n) is 19.9. The molecule has 2 N–H and O–H groups in total. The van der Waals surface area contributed by atoms with Gasteiger partial charge in [-0.1, -0.05) is 54.6 Å². The number of nitrogens with zero attached hydrogens (tertiary/aromatic N) is 1. The summed E-state index contributed by atoms with van der Waals surface area (Å²) in [5, 5.41) is 14.2. The lowest BCUT2D eigenvalue weighted by atomic mass is 9.84. The van der Waals surface area contributed by atoms with Crippen molar-refractivity contribution in [3.8, 4) is 0 Å².